The Labute approximate surface area is 212 Å². The predicted molar refractivity (Wildman–Crippen MR) is 135 cm³/mol. The molecule has 1 atom stereocenters. The fourth-order valence-corrected chi connectivity index (χ4v) is 3.53. The Hall–Kier alpha value is -2.90. The lowest BCUT2D eigenvalue weighted by atomic mass is 10.1. The van der Waals surface area contributed by atoms with Crippen LogP contribution in [-0.4, -0.2) is 34.8 Å². The summed E-state index contributed by atoms with van der Waals surface area (Å²) < 4.78 is 49.8. The highest BCUT2D eigenvalue weighted by atomic mass is 19.4. The molecule has 0 bridgehead atoms. The fraction of sp³-hybridized carbons (Fsp3) is 0.536. The molecule has 36 heavy (non-hydrogen) atoms. The van der Waals surface area contributed by atoms with Crippen LogP contribution in [0.4, 0.5) is 13.2 Å². The van der Waals surface area contributed by atoms with Crippen LogP contribution < -0.4 is 4.74 Å². The molecule has 198 valence electrons. The molecular weight excluding hydrogens is 469 g/mol. The van der Waals surface area contributed by atoms with Crippen molar-refractivity contribution >= 4 is 12.0 Å². The minimum atomic E-state index is -4.67. The van der Waals surface area contributed by atoms with Gasteiger partial charge >= 0.3 is 12.1 Å². The number of unbranched alkanes of at least 4 members (excludes halogenated alkanes) is 7. The molecule has 0 spiro atoms. The first-order valence-electron chi connectivity index (χ1n) is 12.8. The first-order valence-corrected chi connectivity index (χ1v) is 12.8. The maximum absolute atomic E-state index is 13.2. The molecule has 8 heteroatoms. The van der Waals surface area contributed by atoms with Crippen LogP contribution in [0.1, 0.15) is 83.6 Å². The number of carbonyl (C=O) groups excluding carboxylic acids is 1. The number of rotatable bonds is 16. The lowest BCUT2D eigenvalue weighted by Gasteiger charge is -2.17. The molecule has 0 fully saturated rings. The second-order valence-electron chi connectivity index (χ2n) is 8.75. The van der Waals surface area contributed by atoms with Gasteiger partial charge in [0.15, 0.2) is 11.6 Å². The van der Waals surface area contributed by atoms with Gasteiger partial charge in [-0.25, -0.2) is 9.97 Å². The summed E-state index contributed by atoms with van der Waals surface area (Å²) in [7, 11) is 0. The number of benzene rings is 1. The number of hydrogen-bond donors (Lipinski definition) is 0. The van der Waals surface area contributed by atoms with E-state index in [9.17, 15) is 18.0 Å². The maximum atomic E-state index is 13.2. The molecule has 1 unspecified atom stereocenters. The molecule has 0 saturated carbocycles. The zero-order valence-electron chi connectivity index (χ0n) is 21.2. The number of alkyl halides is 3. The largest absolute Gasteiger partial charge is 0.490 e. The van der Waals surface area contributed by atoms with E-state index in [0.717, 1.165) is 24.5 Å². The van der Waals surface area contributed by atoms with Gasteiger partial charge in [0, 0.05) is 12.0 Å². The molecule has 2 aromatic rings. The number of halogens is 3. The Kier molecular flexibility index (Phi) is 13.0. The van der Waals surface area contributed by atoms with Gasteiger partial charge in [-0.2, -0.15) is 13.2 Å². The summed E-state index contributed by atoms with van der Waals surface area (Å²) in [6, 6.07) is 6.76. The second-order valence-corrected chi connectivity index (χ2v) is 8.75. The molecule has 0 aliphatic carbocycles. The summed E-state index contributed by atoms with van der Waals surface area (Å²) in [4.78, 5) is 20.2. The first-order chi connectivity index (χ1) is 17.3. The third-order valence-corrected chi connectivity index (χ3v) is 5.56. The Morgan fingerprint density at radius 1 is 0.917 bits per heavy atom. The Balaban J connectivity index is 1.82. The van der Waals surface area contributed by atoms with Crippen LogP contribution in [0, 0.1) is 0 Å². The highest BCUT2D eigenvalue weighted by Crippen LogP contribution is 2.26. The van der Waals surface area contributed by atoms with E-state index in [2.05, 4.69) is 21.6 Å². The average molecular weight is 507 g/mol. The van der Waals surface area contributed by atoms with Crippen LogP contribution in [-0.2, 0) is 9.53 Å². The van der Waals surface area contributed by atoms with Crippen molar-refractivity contribution in [1.82, 2.24) is 9.97 Å². The number of nitrogens with zero attached hydrogens (tertiary/aromatic N) is 2. The molecule has 1 heterocycles. The topological polar surface area (TPSA) is 61.3 Å². The van der Waals surface area contributed by atoms with E-state index in [1.54, 1.807) is 43.6 Å². The lowest BCUT2D eigenvalue weighted by molar-refractivity contribution is -0.208. The molecule has 1 aromatic heterocycles. The van der Waals surface area contributed by atoms with E-state index in [1.807, 2.05) is 0 Å². The van der Waals surface area contributed by atoms with Crippen molar-refractivity contribution in [3.8, 4) is 17.1 Å². The predicted octanol–water partition coefficient (Wildman–Crippen LogP) is 7.95. The van der Waals surface area contributed by atoms with Gasteiger partial charge in [0.25, 0.3) is 0 Å². The molecule has 2 rings (SSSR count). The van der Waals surface area contributed by atoms with Gasteiger partial charge in [-0.3, -0.25) is 4.79 Å². The first kappa shape index (κ1) is 29.3. The Morgan fingerprint density at radius 2 is 1.53 bits per heavy atom. The quantitative estimate of drug-likeness (QED) is 0.171. The van der Waals surface area contributed by atoms with E-state index in [4.69, 9.17) is 4.74 Å². The molecule has 1 aromatic carbocycles. The van der Waals surface area contributed by atoms with Crippen molar-refractivity contribution in [1.29, 1.82) is 0 Å². The normalized spacial score (nSPS) is 12.6. The third kappa shape index (κ3) is 11.2. The summed E-state index contributed by atoms with van der Waals surface area (Å²) in [5.41, 5.74) is 1.26. The van der Waals surface area contributed by atoms with Gasteiger partial charge in [0.05, 0.1) is 19.0 Å². The Morgan fingerprint density at radius 3 is 2.11 bits per heavy atom. The van der Waals surface area contributed by atoms with Crippen molar-refractivity contribution in [2.45, 2.75) is 90.3 Å². The van der Waals surface area contributed by atoms with Gasteiger partial charge in [0.2, 0.25) is 6.10 Å². The van der Waals surface area contributed by atoms with Crippen LogP contribution >= 0.6 is 0 Å². The van der Waals surface area contributed by atoms with E-state index < -0.39 is 18.2 Å². The van der Waals surface area contributed by atoms with Crippen molar-refractivity contribution < 1.29 is 27.4 Å². The van der Waals surface area contributed by atoms with Crippen LogP contribution in [0.25, 0.3) is 17.5 Å². The molecule has 0 amide bonds. The van der Waals surface area contributed by atoms with Crippen molar-refractivity contribution in [2.75, 3.05) is 6.61 Å². The number of ether oxygens (including phenoxy) is 2. The molecule has 0 saturated heterocycles. The van der Waals surface area contributed by atoms with E-state index in [-0.39, 0.29) is 6.42 Å². The lowest BCUT2D eigenvalue weighted by Crippen LogP contribution is -2.31. The summed E-state index contributed by atoms with van der Waals surface area (Å²) >= 11 is 0. The van der Waals surface area contributed by atoms with Crippen molar-refractivity contribution in [2.24, 2.45) is 0 Å². The number of hydrogen-bond acceptors (Lipinski definition) is 5. The number of esters is 1. The molecule has 0 aliphatic rings. The number of aromatic nitrogens is 2. The minimum Gasteiger partial charge on any atom is -0.490 e. The van der Waals surface area contributed by atoms with E-state index >= 15 is 0 Å². The monoisotopic (exact) mass is 506 g/mol. The third-order valence-electron chi connectivity index (χ3n) is 5.56. The highest BCUT2D eigenvalue weighted by Gasteiger charge is 2.40. The summed E-state index contributed by atoms with van der Waals surface area (Å²) in [6.45, 7) is 4.55. The zero-order chi connectivity index (χ0) is 26.2. The second kappa shape index (κ2) is 16.0. The molecule has 0 radical (unpaired) electrons. The van der Waals surface area contributed by atoms with Gasteiger partial charge in [0.1, 0.15) is 0 Å². The SMILES string of the molecule is CCCCCCCCCCOc1cnc(-c2ccc(/C=C/C(OC(=O)CCC)C(F)(F)F)cc2)nc1. The summed E-state index contributed by atoms with van der Waals surface area (Å²) in [6.07, 6.45) is 8.66. The van der Waals surface area contributed by atoms with Crippen molar-refractivity contribution in [3.63, 3.8) is 0 Å². The van der Waals surface area contributed by atoms with Crippen LogP contribution in [0.15, 0.2) is 42.7 Å². The molecular formula is C28H37F3N2O3. The standard InChI is InChI=1S/C28H37F3N2O3/c1-3-5-6-7-8-9-10-11-19-35-24-20-32-27(33-21-24)23-16-13-22(14-17-23)15-18-25(28(29,30)31)36-26(34)12-4-2/h13-18,20-21,25H,3-12,19H2,1-2H3/b18-15+. The number of carbonyl (C=O) groups is 1. The van der Waals surface area contributed by atoms with Crippen LogP contribution in [0.2, 0.25) is 0 Å². The highest BCUT2D eigenvalue weighted by molar-refractivity contribution is 5.70. The van der Waals surface area contributed by atoms with Crippen LogP contribution in [0.3, 0.4) is 0 Å². The minimum absolute atomic E-state index is 0.0574. The van der Waals surface area contributed by atoms with Crippen molar-refractivity contribution in [3.05, 3.63) is 48.3 Å². The zero-order valence-corrected chi connectivity index (χ0v) is 21.2. The molecule has 0 N–H and O–H groups in total. The van der Waals surface area contributed by atoms with Gasteiger partial charge in [-0.05, 0) is 24.5 Å². The summed E-state index contributed by atoms with van der Waals surface area (Å²) in [5, 5.41) is 0. The van der Waals surface area contributed by atoms with Crippen LogP contribution in [0.5, 0.6) is 5.75 Å². The fourth-order valence-electron chi connectivity index (χ4n) is 3.53. The average Bonchev–Trinajstić information content (AvgIpc) is 2.86. The van der Waals surface area contributed by atoms with Gasteiger partial charge in [-0.1, -0.05) is 89.1 Å². The van der Waals surface area contributed by atoms with E-state index in [0.29, 0.717) is 30.2 Å². The molecule has 0 aliphatic heterocycles. The van der Waals surface area contributed by atoms with E-state index in [1.165, 1.54) is 44.6 Å². The summed E-state index contributed by atoms with van der Waals surface area (Å²) in [5.74, 6) is 0.228. The maximum Gasteiger partial charge on any atom is 0.429 e. The van der Waals surface area contributed by atoms with Gasteiger partial charge in [-0.15, -0.1) is 0 Å². The Bertz CT molecular complexity index is 913. The molecule has 5 nitrogen and oxygen atoms in total. The smallest absolute Gasteiger partial charge is 0.429 e. The van der Waals surface area contributed by atoms with Gasteiger partial charge < -0.3 is 9.47 Å².